The smallest absolute Gasteiger partial charge is 0.330 e. The van der Waals surface area contributed by atoms with Gasteiger partial charge in [-0.3, -0.25) is 9.59 Å². The van der Waals surface area contributed by atoms with Crippen molar-refractivity contribution in [2.75, 3.05) is 13.1 Å². The number of hydrogen-bond acceptors (Lipinski definition) is 3. The van der Waals surface area contributed by atoms with Crippen LogP contribution in [0.3, 0.4) is 0 Å². The third kappa shape index (κ3) is 4.75. The number of likely N-dealkylation sites (tertiary alicyclic amines) is 1. The molecule has 29 heavy (non-hydrogen) atoms. The minimum absolute atomic E-state index is 0.0133. The molecular formula is C23H28N2O4. The van der Waals surface area contributed by atoms with Gasteiger partial charge < -0.3 is 15.3 Å². The second-order valence-electron chi connectivity index (χ2n) is 8.73. The van der Waals surface area contributed by atoms with Gasteiger partial charge in [-0.2, -0.15) is 0 Å². The van der Waals surface area contributed by atoms with E-state index in [-0.39, 0.29) is 11.8 Å². The number of carbonyl (C=O) groups is 3. The van der Waals surface area contributed by atoms with Gasteiger partial charge in [-0.05, 0) is 35.2 Å². The topological polar surface area (TPSA) is 86.7 Å². The van der Waals surface area contributed by atoms with Crippen LogP contribution in [-0.2, 0) is 14.4 Å². The van der Waals surface area contributed by atoms with E-state index < -0.39 is 23.3 Å². The summed E-state index contributed by atoms with van der Waals surface area (Å²) in [6, 6.07) is 11.9. The SMILES string of the molecule is CC(C)(C)C(=O)N1CCCC(C(=O)NC(C(=O)O)c2ccc3ccccc3c2)C1. The van der Waals surface area contributed by atoms with E-state index in [1.165, 1.54) is 0 Å². The predicted octanol–water partition coefficient (Wildman–Crippen LogP) is 3.37. The van der Waals surface area contributed by atoms with E-state index in [1.807, 2.05) is 51.1 Å². The van der Waals surface area contributed by atoms with E-state index in [2.05, 4.69) is 5.32 Å². The first-order chi connectivity index (χ1) is 13.7. The van der Waals surface area contributed by atoms with Crippen LogP contribution in [0.1, 0.15) is 45.2 Å². The zero-order valence-corrected chi connectivity index (χ0v) is 17.1. The average molecular weight is 396 g/mol. The minimum Gasteiger partial charge on any atom is -0.479 e. The minimum atomic E-state index is -1.12. The fourth-order valence-electron chi connectivity index (χ4n) is 3.79. The number of amides is 2. The second-order valence-corrected chi connectivity index (χ2v) is 8.73. The van der Waals surface area contributed by atoms with Gasteiger partial charge in [-0.1, -0.05) is 57.2 Å². The van der Waals surface area contributed by atoms with Gasteiger partial charge in [0.2, 0.25) is 11.8 Å². The lowest BCUT2D eigenvalue weighted by Crippen LogP contribution is -2.49. The lowest BCUT2D eigenvalue weighted by Gasteiger charge is -2.36. The Morgan fingerprint density at radius 2 is 1.79 bits per heavy atom. The molecule has 0 aromatic heterocycles. The van der Waals surface area contributed by atoms with Crippen molar-refractivity contribution in [3.8, 4) is 0 Å². The number of rotatable bonds is 4. The Hall–Kier alpha value is -2.89. The maximum absolute atomic E-state index is 12.9. The van der Waals surface area contributed by atoms with E-state index in [4.69, 9.17) is 0 Å². The van der Waals surface area contributed by atoms with Crippen LogP contribution in [0.25, 0.3) is 10.8 Å². The maximum Gasteiger partial charge on any atom is 0.330 e. The molecule has 2 atom stereocenters. The predicted molar refractivity (Wildman–Crippen MR) is 111 cm³/mol. The molecule has 2 aromatic rings. The number of benzene rings is 2. The van der Waals surface area contributed by atoms with Gasteiger partial charge in [0, 0.05) is 18.5 Å². The molecule has 2 aromatic carbocycles. The molecule has 0 spiro atoms. The molecule has 1 fully saturated rings. The highest BCUT2D eigenvalue weighted by atomic mass is 16.4. The van der Waals surface area contributed by atoms with E-state index in [9.17, 15) is 19.5 Å². The summed E-state index contributed by atoms with van der Waals surface area (Å²) in [7, 11) is 0. The summed E-state index contributed by atoms with van der Waals surface area (Å²) in [4.78, 5) is 39.0. The van der Waals surface area contributed by atoms with Gasteiger partial charge in [0.15, 0.2) is 6.04 Å². The van der Waals surface area contributed by atoms with Crippen molar-refractivity contribution in [1.29, 1.82) is 0 Å². The summed E-state index contributed by atoms with van der Waals surface area (Å²) < 4.78 is 0. The summed E-state index contributed by atoms with van der Waals surface area (Å²) in [5.74, 6) is -1.82. The van der Waals surface area contributed by atoms with Crippen LogP contribution in [0.4, 0.5) is 0 Å². The number of hydrogen-bond donors (Lipinski definition) is 2. The van der Waals surface area contributed by atoms with Gasteiger partial charge in [-0.25, -0.2) is 4.79 Å². The Kier molecular flexibility index (Phi) is 5.91. The highest BCUT2D eigenvalue weighted by Gasteiger charge is 2.34. The molecule has 0 saturated carbocycles. The zero-order chi connectivity index (χ0) is 21.2. The average Bonchev–Trinajstić information content (AvgIpc) is 2.70. The maximum atomic E-state index is 12.9. The molecule has 154 valence electrons. The van der Waals surface area contributed by atoms with Crippen molar-refractivity contribution in [3.05, 3.63) is 48.0 Å². The Bertz CT molecular complexity index is 932. The third-order valence-electron chi connectivity index (χ3n) is 5.36. The first kappa shape index (κ1) is 20.8. The van der Waals surface area contributed by atoms with Crippen molar-refractivity contribution in [1.82, 2.24) is 10.2 Å². The van der Waals surface area contributed by atoms with E-state index in [0.29, 0.717) is 25.1 Å². The van der Waals surface area contributed by atoms with E-state index in [1.54, 1.807) is 17.0 Å². The van der Waals surface area contributed by atoms with Crippen LogP contribution in [0, 0.1) is 11.3 Å². The summed E-state index contributed by atoms with van der Waals surface area (Å²) >= 11 is 0. The van der Waals surface area contributed by atoms with Gasteiger partial charge in [0.1, 0.15) is 0 Å². The molecule has 1 saturated heterocycles. The largest absolute Gasteiger partial charge is 0.479 e. The molecule has 6 nitrogen and oxygen atoms in total. The molecule has 2 unspecified atom stereocenters. The zero-order valence-electron chi connectivity index (χ0n) is 17.1. The first-order valence-electron chi connectivity index (χ1n) is 9.98. The number of carbonyl (C=O) groups excluding carboxylic acids is 2. The molecule has 6 heteroatoms. The van der Waals surface area contributed by atoms with Crippen LogP contribution >= 0.6 is 0 Å². The van der Waals surface area contributed by atoms with Crippen LogP contribution < -0.4 is 5.32 Å². The molecular weight excluding hydrogens is 368 g/mol. The van der Waals surface area contributed by atoms with Crippen LogP contribution in [0.5, 0.6) is 0 Å². The van der Waals surface area contributed by atoms with E-state index in [0.717, 1.165) is 17.2 Å². The molecule has 1 heterocycles. The summed E-state index contributed by atoms with van der Waals surface area (Å²) in [5, 5.41) is 14.3. The lowest BCUT2D eigenvalue weighted by molar-refractivity contribution is -0.145. The normalized spacial score (nSPS) is 18.3. The fraction of sp³-hybridized carbons (Fsp3) is 0.435. The number of aliphatic carboxylic acids is 1. The quantitative estimate of drug-likeness (QED) is 0.830. The van der Waals surface area contributed by atoms with Crippen molar-refractivity contribution in [2.24, 2.45) is 11.3 Å². The molecule has 2 amide bonds. The Morgan fingerprint density at radius 1 is 1.10 bits per heavy atom. The van der Waals surface area contributed by atoms with Gasteiger partial charge in [0.05, 0.1) is 5.92 Å². The number of carboxylic acid groups (broad SMARTS) is 1. The highest BCUT2D eigenvalue weighted by Crippen LogP contribution is 2.25. The summed E-state index contributed by atoms with van der Waals surface area (Å²) in [6.45, 7) is 6.54. The molecule has 0 bridgehead atoms. The Labute approximate surface area is 170 Å². The van der Waals surface area contributed by atoms with Crippen molar-refractivity contribution >= 4 is 28.6 Å². The Morgan fingerprint density at radius 3 is 2.45 bits per heavy atom. The number of fused-ring (bicyclic) bond motifs is 1. The molecule has 1 aliphatic heterocycles. The van der Waals surface area contributed by atoms with Gasteiger partial charge in [-0.15, -0.1) is 0 Å². The second kappa shape index (κ2) is 8.23. The fourth-order valence-corrected chi connectivity index (χ4v) is 3.79. The van der Waals surface area contributed by atoms with Gasteiger partial charge in [0.25, 0.3) is 0 Å². The van der Waals surface area contributed by atoms with Crippen LogP contribution in [0.2, 0.25) is 0 Å². The summed E-state index contributed by atoms with van der Waals surface area (Å²) in [5.41, 5.74) is 0.0237. The first-order valence-corrected chi connectivity index (χ1v) is 9.98. The molecule has 3 rings (SSSR count). The monoisotopic (exact) mass is 396 g/mol. The van der Waals surface area contributed by atoms with Crippen molar-refractivity contribution < 1.29 is 19.5 Å². The Balaban J connectivity index is 1.75. The number of nitrogens with one attached hydrogen (secondary N) is 1. The molecule has 2 N–H and O–H groups in total. The van der Waals surface area contributed by atoms with E-state index >= 15 is 0 Å². The van der Waals surface area contributed by atoms with Crippen LogP contribution in [-0.4, -0.2) is 40.9 Å². The molecule has 0 radical (unpaired) electrons. The van der Waals surface area contributed by atoms with Gasteiger partial charge >= 0.3 is 5.97 Å². The number of carboxylic acids is 1. The van der Waals surface area contributed by atoms with Crippen molar-refractivity contribution in [3.63, 3.8) is 0 Å². The number of nitrogens with zero attached hydrogens (tertiary/aromatic N) is 1. The molecule has 0 aliphatic carbocycles. The van der Waals surface area contributed by atoms with Crippen molar-refractivity contribution in [2.45, 2.75) is 39.7 Å². The highest BCUT2D eigenvalue weighted by molar-refractivity contribution is 5.89. The summed E-state index contributed by atoms with van der Waals surface area (Å²) in [6.07, 6.45) is 1.37. The third-order valence-corrected chi connectivity index (χ3v) is 5.36. The standard InChI is InChI=1S/C23H28N2O4/c1-23(2,3)22(29)25-12-6-9-18(14-25)20(26)24-19(21(27)28)17-11-10-15-7-4-5-8-16(15)13-17/h4-5,7-8,10-11,13,18-19H,6,9,12,14H2,1-3H3,(H,24,26)(H,27,28). The molecule has 1 aliphatic rings. The number of piperidine rings is 1. The van der Waals surface area contributed by atoms with Crippen LogP contribution in [0.15, 0.2) is 42.5 Å². The lowest BCUT2D eigenvalue weighted by atomic mass is 9.90.